The van der Waals surface area contributed by atoms with Crippen molar-refractivity contribution in [3.63, 3.8) is 0 Å². The van der Waals surface area contributed by atoms with E-state index in [-0.39, 0.29) is 6.10 Å². The number of hydrogen-bond donors (Lipinski definition) is 0. The molecule has 1 fully saturated rings. The van der Waals surface area contributed by atoms with Gasteiger partial charge in [0.1, 0.15) is 6.10 Å². The van der Waals surface area contributed by atoms with Gasteiger partial charge in [-0.15, -0.1) is 0 Å². The summed E-state index contributed by atoms with van der Waals surface area (Å²) >= 11 is 1.92. The maximum atomic E-state index is 12.1. The summed E-state index contributed by atoms with van der Waals surface area (Å²) in [6.45, 7) is 0. The zero-order chi connectivity index (χ0) is 8.48. The van der Waals surface area contributed by atoms with Gasteiger partial charge in [-0.05, 0) is 19.3 Å². The topological polar surface area (TPSA) is 26.3 Å². The molecule has 0 amide bonds. The van der Waals surface area contributed by atoms with Crippen LogP contribution >= 0.6 is 15.9 Å². The van der Waals surface area contributed by atoms with Gasteiger partial charge in [-0.3, -0.25) is 0 Å². The number of hydrogen-bond acceptors (Lipinski definition) is 2. The molecule has 0 aromatic rings. The van der Waals surface area contributed by atoms with Gasteiger partial charge in [0.2, 0.25) is 0 Å². The van der Waals surface area contributed by atoms with E-state index in [4.69, 9.17) is 0 Å². The molecule has 2 nitrogen and oxygen atoms in total. The van der Waals surface area contributed by atoms with Crippen LogP contribution < -0.4 is 0 Å². The minimum absolute atomic E-state index is 0.286. The lowest BCUT2D eigenvalue weighted by Gasteiger charge is -2.25. The van der Waals surface area contributed by atoms with Crippen LogP contribution in [0.25, 0.3) is 0 Å². The lowest BCUT2D eigenvalue weighted by molar-refractivity contribution is -0.168. The number of alkyl halides is 3. The highest BCUT2D eigenvalue weighted by molar-refractivity contribution is 9.10. The van der Waals surface area contributed by atoms with E-state index < -0.39 is 10.8 Å². The van der Waals surface area contributed by atoms with Gasteiger partial charge in [0.25, 0.3) is 0 Å². The molecule has 0 bridgehead atoms. The molecule has 1 rings (SSSR count). The Balaban J connectivity index is 2.30. The largest absolute Gasteiger partial charge is 0.457 e. The highest BCUT2D eigenvalue weighted by Crippen LogP contribution is 2.28. The average molecular weight is 229 g/mol. The predicted molar refractivity (Wildman–Crippen MR) is 37.6 cm³/mol. The van der Waals surface area contributed by atoms with Crippen molar-refractivity contribution in [3.8, 4) is 0 Å². The van der Waals surface area contributed by atoms with Crippen LogP contribution in [-0.4, -0.2) is 16.9 Å². The Morgan fingerprint density at radius 2 is 2.09 bits per heavy atom. The van der Waals surface area contributed by atoms with Crippen LogP contribution in [0.3, 0.4) is 0 Å². The van der Waals surface area contributed by atoms with E-state index in [1.54, 1.807) is 0 Å². The molecule has 0 aromatic carbocycles. The summed E-state index contributed by atoms with van der Waals surface area (Å²) in [5.74, 6) is -1.48. The van der Waals surface area contributed by atoms with Crippen molar-refractivity contribution in [2.24, 2.45) is 0 Å². The molecular weight excluding hydrogens is 222 g/mol. The van der Waals surface area contributed by atoms with Crippen LogP contribution in [0.2, 0.25) is 0 Å². The lowest BCUT2D eigenvalue weighted by atomic mass is 9.96. The summed E-state index contributed by atoms with van der Waals surface area (Å²) in [5.41, 5.74) is 0. The number of rotatable bonds is 2. The second-order valence-corrected chi connectivity index (χ2v) is 3.45. The minimum Gasteiger partial charge on any atom is -0.457 e. The van der Waals surface area contributed by atoms with Gasteiger partial charge in [0.05, 0.1) is 0 Å². The molecule has 11 heavy (non-hydrogen) atoms. The van der Waals surface area contributed by atoms with Crippen molar-refractivity contribution < 1.29 is 18.3 Å². The fourth-order valence-electron chi connectivity index (χ4n) is 0.707. The number of halogens is 3. The van der Waals surface area contributed by atoms with Crippen molar-refractivity contribution in [2.75, 3.05) is 0 Å². The molecule has 5 heteroatoms. The third kappa shape index (κ3) is 2.39. The zero-order valence-corrected chi connectivity index (χ0v) is 7.24. The molecule has 64 valence electrons. The molecule has 1 aliphatic rings. The standard InChI is InChI=1S/C6H7BrF2O2/c7-6(8,9)5(10)11-4-2-1-3-4/h4H,1-3H2. The molecule has 0 unspecified atom stereocenters. The van der Waals surface area contributed by atoms with E-state index in [1.165, 1.54) is 0 Å². The average Bonchev–Trinajstić information content (AvgIpc) is 1.75. The molecule has 0 atom stereocenters. The summed E-state index contributed by atoms with van der Waals surface area (Å²) in [7, 11) is 0. The van der Waals surface area contributed by atoms with Crippen molar-refractivity contribution in [3.05, 3.63) is 0 Å². The Morgan fingerprint density at radius 1 is 1.55 bits per heavy atom. The van der Waals surface area contributed by atoms with E-state index in [2.05, 4.69) is 4.74 Å². The molecule has 0 aliphatic heterocycles. The molecule has 0 saturated heterocycles. The number of ether oxygens (including phenoxy) is 1. The summed E-state index contributed by atoms with van der Waals surface area (Å²) < 4.78 is 28.6. The number of esters is 1. The Morgan fingerprint density at radius 3 is 2.36 bits per heavy atom. The lowest BCUT2D eigenvalue weighted by Crippen LogP contribution is -2.32. The number of carbonyl (C=O) groups is 1. The van der Waals surface area contributed by atoms with Gasteiger partial charge in [0, 0.05) is 15.9 Å². The monoisotopic (exact) mass is 228 g/mol. The summed E-state index contributed by atoms with van der Waals surface area (Å²) in [4.78, 5) is 6.92. The third-order valence-corrected chi connectivity index (χ3v) is 1.88. The van der Waals surface area contributed by atoms with Crippen LogP contribution in [0, 0.1) is 0 Å². The Bertz CT molecular complexity index is 162. The van der Waals surface area contributed by atoms with Gasteiger partial charge >= 0.3 is 10.8 Å². The molecule has 0 aromatic heterocycles. The first-order valence-electron chi connectivity index (χ1n) is 3.28. The first-order valence-corrected chi connectivity index (χ1v) is 4.07. The Hall–Kier alpha value is -0.190. The predicted octanol–water partition coefficient (Wildman–Crippen LogP) is 2.07. The quantitative estimate of drug-likeness (QED) is 0.535. The van der Waals surface area contributed by atoms with Crippen molar-refractivity contribution >= 4 is 21.9 Å². The molecule has 1 saturated carbocycles. The zero-order valence-electron chi connectivity index (χ0n) is 5.65. The van der Waals surface area contributed by atoms with Crippen LogP contribution in [0.15, 0.2) is 0 Å². The summed E-state index contributed by atoms with van der Waals surface area (Å²) in [6.07, 6.45) is 2.07. The fourth-order valence-corrected chi connectivity index (χ4v) is 0.800. The maximum absolute atomic E-state index is 12.1. The second kappa shape index (κ2) is 3.05. The van der Waals surface area contributed by atoms with Gasteiger partial charge in [0.15, 0.2) is 0 Å². The van der Waals surface area contributed by atoms with Gasteiger partial charge in [-0.1, -0.05) is 0 Å². The Labute approximate surface area is 71.0 Å². The maximum Gasteiger partial charge on any atom is 0.396 e. The van der Waals surface area contributed by atoms with Crippen LogP contribution in [0.5, 0.6) is 0 Å². The van der Waals surface area contributed by atoms with Gasteiger partial charge < -0.3 is 4.74 Å². The van der Waals surface area contributed by atoms with E-state index in [0.717, 1.165) is 6.42 Å². The van der Waals surface area contributed by atoms with Crippen LogP contribution in [0.4, 0.5) is 8.78 Å². The van der Waals surface area contributed by atoms with E-state index in [9.17, 15) is 13.6 Å². The second-order valence-electron chi connectivity index (χ2n) is 2.46. The molecular formula is C6H7BrF2O2. The van der Waals surface area contributed by atoms with Crippen molar-refractivity contribution in [2.45, 2.75) is 30.2 Å². The highest BCUT2D eigenvalue weighted by Gasteiger charge is 2.39. The molecule has 0 spiro atoms. The van der Waals surface area contributed by atoms with Crippen LogP contribution in [-0.2, 0) is 9.53 Å². The molecule has 0 radical (unpaired) electrons. The first kappa shape index (κ1) is 8.90. The molecule has 0 heterocycles. The van der Waals surface area contributed by atoms with Gasteiger partial charge in [-0.25, -0.2) is 4.79 Å². The Kier molecular flexibility index (Phi) is 2.47. The SMILES string of the molecule is O=C(OC1CCC1)C(F)(F)Br. The van der Waals surface area contributed by atoms with Crippen molar-refractivity contribution in [1.29, 1.82) is 0 Å². The molecule has 0 N–H and O–H groups in total. The molecule has 1 aliphatic carbocycles. The normalized spacial score (nSPS) is 19.2. The van der Waals surface area contributed by atoms with Crippen LogP contribution in [0.1, 0.15) is 19.3 Å². The van der Waals surface area contributed by atoms with Gasteiger partial charge in [-0.2, -0.15) is 8.78 Å². The van der Waals surface area contributed by atoms with Crippen molar-refractivity contribution in [1.82, 2.24) is 0 Å². The summed E-state index contributed by atoms with van der Waals surface area (Å²) in [6, 6.07) is 0. The highest BCUT2D eigenvalue weighted by atomic mass is 79.9. The summed E-state index contributed by atoms with van der Waals surface area (Å²) in [5, 5.41) is 0. The third-order valence-electron chi connectivity index (χ3n) is 1.56. The van der Waals surface area contributed by atoms with E-state index in [0.29, 0.717) is 12.8 Å². The van der Waals surface area contributed by atoms with E-state index in [1.807, 2.05) is 15.9 Å². The first-order chi connectivity index (χ1) is 5.00. The minimum atomic E-state index is -3.53. The fraction of sp³-hybridized carbons (Fsp3) is 0.833. The number of carbonyl (C=O) groups excluding carboxylic acids is 1. The van der Waals surface area contributed by atoms with E-state index >= 15 is 0 Å². The smallest absolute Gasteiger partial charge is 0.396 e.